The van der Waals surface area contributed by atoms with E-state index >= 15 is 0 Å². The third-order valence-corrected chi connectivity index (χ3v) is 4.56. The van der Waals surface area contributed by atoms with Crippen LogP contribution in [0.25, 0.3) is 0 Å². The van der Waals surface area contributed by atoms with Crippen LogP contribution >= 0.6 is 0 Å². The average molecular weight is 377 g/mol. The lowest BCUT2D eigenvalue weighted by atomic mass is 9.99. The van der Waals surface area contributed by atoms with Crippen molar-refractivity contribution in [2.45, 2.75) is 32.7 Å². The maximum Gasteiger partial charge on any atom is 0.150 e. The molecule has 0 heterocycles. The molecule has 146 valence electrons. The molecule has 4 nitrogen and oxygen atoms in total. The van der Waals surface area contributed by atoms with E-state index in [0.717, 1.165) is 36.5 Å². The van der Waals surface area contributed by atoms with Gasteiger partial charge in [0.25, 0.3) is 0 Å². The minimum atomic E-state index is 0.171. The topological polar surface area (TPSA) is 53.5 Å². The number of benzene rings is 3. The van der Waals surface area contributed by atoms with Gasteiger partial charge in [-0.25, -0.2) is 0 Å². The average Bonchev–Trinajstić information content (AvgIpc) is 2.71. The van der Waals surface area contributed by atoms with Crippen molar-refractivity contribution in [3.05, 3.63) is 78.4 Å². The largest absolute Gasteiger partial charge is 0.508 e. The van der Waals surface area contributed by atoms with Crippen molar-refractivity contribution < 1.29 is 9.84 Å². The number of phenols is 1. The molecule has 3 rings (SSSR count). The van der Waals surface area contributed by atoms with E-state index in [0.29, 0.717) is 5.75 Å². The molecule has 0 amide bonds. The number of aromatic hydroxyl groups is 1. The number of anilines is 2. The second kappa shape index (κ2) is 9.70. The van der Waals surface area contributed by atoms with Crippen LogP contribution in [0.3, 0.4) is 0 Å². The van der Waals surface area contributed by atoms with Crippen molar-refractivity contribution in [3.63, 3.8) is 0 Å². The molecule has 0 bridgehead atoms. The first-order valence-electron chi connectivity index (χ1n) is 9.86. The van der Waals surface area contributed by atoms with Crippen molar-refractivity contribution in [1.82, 2.24) is 0 Å². The van der Waals surface area contributed by atoms with Crippen LogP contribution in [0.2, 0.25) is 0 Å². The monoisotopic (exact) mass is 376 g/mol. The van der Waals surface area contributed by atoms with Crippen molar-refractivity contribution in [2.75, 3.05) is 17.2 Å². The Morgan fingerprint density at radius 1 is 0.857 bits per heavy atom. The molecule has 3 aromatic rings. The second-order valence-electron chi connectivity index (χ2n) is 6.70. The van der Waals surface area contributed by atoms with E-state index in [-0.39, 0.29) is 11.8 Å². The lowest BCUT2D eigenvalue weighted by Crippen LogP contribution is -2.14. The minimum absolute atomic E-state index is 0.171. The third kappa shape index (κ3) is 4.97. The summed E-state index contributed by atoms with van der Waals surface area (Å²) in [6.07, 6.45) is 2.08. The summed E-state index contributed by atoms with van der Waals surface area (Å²) >= 11 is 0. The maximum atomic E-state index is 9.48. The van der Waals surface area contributed by atoms with Crippen LogP contribution < -0.4 is 15.4 Å². The fourth-order valence-electron chi connectivity index (χ4n) is 3.25. The third-order valence-electron chi connectivity index (χ3n) is 4.56. The molecule has 0 fully saturated rings. The predicted molar refractivity (Wildman–Crippen MR) is 117 cm³/mol. The summed E-state index contributed by atoms with van der Waals surface area (Å²) in [5.74, 6) is 1.67. The van der Waals surface area contributed by atoms with Crippen LogP contribution in [0.5, 0.6) is 17.2 Å². The van der Waals surface area contributed by atoms with Gasteiger partial charge in [-0.15, -0.1) is 0 Å². The van der Waals surface area contributed by atoms with Gasteiger partial charge in [0, 0.05) is 12.2 Å². The van der Waals surface area contributed by atoms with E-state index < -0.39 is 0 Å². The van der Waals surface area contributed by atoms with Crippen LogP contribution in [0.1, 0.15) is 38.3 Å². The molecular weight excluding hydrogens is 348 g/mol. The fourth-order valence-corrected chi connectivity index (χ4v) is 3.25. The highest BCUT2D eigenvalue weighted by atomic mass is 16.5. The van der Waals surface area contributed by atoms with Gasteiger partial charge in [0.2, 0.25) is 0 Å². The van der Waals surface area contributed by atoms with E-state index in [1.54, 1.807) is 24.3 Å². The molecule has 3 aromatic carbocycles. The number of phenolic OH excluding ortho intramolecular Hbond substituents is 1. The Kier molecular flexibility index (Phi) is 6.79. The van der Waals surface area contributed by atoms with Crippen LogP contribution in [0, 0.1) is 0 Å². The first-order chi connectivity index (χ1) is 13.7. The molecule has 1 unspecified atom stereocenters. The van der Waals surface area contributed by atoms with Gasteiger partial charge in [-0.05, 0) is 61.4 Å². The lowest BCUT2D eigenvalue weighted by molar-refractivity contribution is 0.464. The highest BCUT2D eigenvalue weighted by molar-refractivity contribution is 5.61. The molecule has 28 heavy (non-hydrogen) atoms. The Labute approximate surface area is 167 Å². The number of rotatable bonds is 9. The maximum absolute atomic E-state index is 9.48. The number of hydrogen-bond acceptors (Lipinski definition) is 4. The summed E-state index contributed by atoms with van der Waals surface area (Å²) < 4.78 is 6.07. The summed E-state index contributed by atoms with van der Waals surface area (Å²) in [5.41, 5.74) is 3.36. The van der Waals surface area contributed by atoms with Crippen molar-refractivity contribution >= 4 is 11.4 Å². The molecule has 0 aliphatic carbocycles. The van der Waals surface area contributed by atoms with Gasteiger partial charge in [-0.1, -0.05) is 43.7 Å². The van der Waals surface area contributed by atoms with Crippen molar-refractivity contribution in [1.29, 1.82) is 0 Å². The molecule has 3 N–H and O–H groups in total. The zero-order valence-corrected chi connectivity index (χ0v) is 16.5. The van der Waals surface area contributed by atoms with Gasteiger partial charge < -0.3 is 20.5 Å². The fraction of sp³-hybridized carbons (Fsp3) is 0.250. The smallest absolute Gasteiger partial charge is 0.150 e. The first-order valence-corrected chi connectivity index (χ1v) is 9.86. The van der Waals surface area contributed by atoms with Crippen LogP contribution in [0.4, 0.5) is 11.4 Å². The molecule has 0 saturated carbocycles. The van der Waals surface area contributed by atoms with Gasteiger partial charge in [0.1, 0.15) is 11.5 Å². The summed E-state index contributed by atoms with van der Waals surface area (Å²) in [5, 5.41) is 16.6. The standard InChI is InChI=1S/C24H28N2O2/c1-3-9-22(20-10-5-6-11-21(20)25-4-2)26-23-12-7-8-13-24(23)28-19-16-14-18(27)15-17-19/h5-8,10-17,22,25-27H,3-4,9H2,1-2H3. The quantitative estimate of drug-likeness (QED) is 0.395. The summed E-state index contributed by atoms with van der Waals surface area (Å²) in [6.45, 7) is 5.19. The van der Waals surface area contributed by atoms with Crippen LogP contribution in [0.15, 0.2) is 72.8 Å². The zero-order valence-electron chi connectivity index (χ0n) is 16.5. The van der Waals surface area contributed by atoms with Crippen LogP contribution in [-0.4, -0.2) is 11.7 Å². The molecule has 0 aromatic heterocycles. The highest BCUT2D eigenvalue weighted by Gasteiger charge is 2.16. The summed E-state index contributed by atoms with van der Waals surface area (Å²) in [7, 11) is 0. The molecule has 0 saturated heterocycles. The SMILES string of the molecule is CCCC(Nc1ccccc1Oc1ccc(O)cc1)c1ccccc1NCC. The molecule has 0 aliphatic heterocycles. The van der Waals surface area contributed by atoms with Gasteiger partial charge in [-0.3, -0.25) is 0 Å². The number of hydrogen-bond donors (Lipinski definition) is 3. The normalized spacial score (nSPS) is 11.6. The van der Waals surface area contributed by atoms with Gasteiger partial charge >= 0.3 is 0 Å². The van der Waals surface area contributed by atoms with Crippen LogP contribution in [-0.2, 0) is 0 Å². The van der Waals surface area contributed by atoms with Crippen molar-refractivity contribution in [3.8, 4) is 17.2 Å². The molecule has 1 atom stereocenters. The van der Waals surface area contributed by atoms with Gasteiger partial charge in [0.05, 0.1) is 11.7 Å². The molecule has 4 heteroatoms. The molecular formula is C24H28N2O2. The summed E-state index contributed by atoms with van der Waals surface area (Å²) in [6, 6.07) is 23.3. The van der Waals surface area contributed by atoms with Crippen molar-refractivity contribution in [2.24, 2.45) is 0 Å². The summed E-state index contributed by atoms with van der Waals surface area (Å²) in [4.78, 5) is 0. The molecule has 0 aliphatic rings. The first kappa shape index (κ1) is 19.6. The molecule has 0 spiro atoms. The Morgan fingerprint density at radius 2 is 1.54 bits per heavy atom. The lowest BCUT2D eigenvalue weighted by Gasteiger charge is -2.24. The number of para-hydroxylation sites is 3. The Hall–Kier alpha value is -3.14. The van der Waals surface area contributed by atoms with E-state index in [1.807, 2.05) is 24.3 Å². The van der Waals surface area contributed by atoms with E-state index in [2.05, 4.69) is 48.7 Å². The van der Waals surface area contributed by atoms with Gasteiger partial charge in [0.15, 0.2) is 5.75 Å². The Morgan fingerprint density at radius 3 is 2.25 bits per heavy atom. The minimum Gasteiger partial charge on any atom is -0.508 e. The Balaban J connectivity index is 1.87. The number of nitrogens with one attached hydrogen (secondary N) is 2. The van der Waals surface area contributed by atoms with E-state index in [9.17, 15) is 5.11 Å². The highest BCUT2D eigenvalue weighted by Crippen LogP contribution is 2.35. The van der Waals surface area contributed by atoms with E-state index in [1.165, 1.54) is 5.56 Å². The van der Waals surface area contributed by atoms with Gasteiger partial charge in [-0.2, -0.15) is 0 Å². The molecule has 0 radical (unpaired) electrons. The van der Waals surface area contributed by atoms with E-state index in [4.69, 9.17) is 4.74 Å². The Bertz CT molecular complexity index is 878. The predicted octanol–water partition coefficient (Wildman–Crippen LogP) is 6.57. The zero-order chi connectivity index (χ0) is 19.8. The second-order valence-corrected chi connectivity index (χ2v) is 6.70. The number of ether oxygens (including phenoxy) is 1.